The van der Waals surface area contributed by atoms with Crippen LogP contribution in [0.5, 0.6) is 5.88 Å². The van der Waals surface area contributed by atoms with E-state index in [1.165, 1.54) is 6.20 Å². The number of ether oxygens (including phenoxy) is 4. The summed E-state index contributed by atoms with van der Waals surface area (Å²) >= 11 is 0. The van der Waals surface area contributed by atoms with Crippen molar-refractivity contribution in [2.45, 2.75) is 57.3 Å². The molecule has 1 fully saturated rings. The molecule has 202 valence electrons. The van der Waals surface area contributed by atoms with Gasteiger partial charge in [-0.15, -0.1) is 0 Å². The lowest BCUT2D eigenvalue weighted by Gasteiger charge is -2.30. The topological polar surface area (TPSA) is 82.9 Å². The van der Waals surface area contributed by atoms with Crippen LogP contribution in [0.3, 0.4) is 0 Å². The number of hydrogen-bond acceptors (Lipinski definition) is 7. The summed E-state index contributed by atoms with van der Waals surface area (Å²) in [4.78, 5) is 8.11. The maximum atomic E-state index is 15.4. The minimum atomic E-state index is -2.23. The Balaban J connectivity index is 1.40. The van der Waals surface area contributed by atoms with Crippen molar-refractivity contribution in [3.8, 4) is 5.88 Å². The molecule has 2 heterocycles. The molecule has 1 saturated heterocycles. The van der Waals surface area contributed by atoms with Crippen LogP contribution >= 0.6 is 0 Å². The van der Waals surface area contributed by atoms with E-state index in [4.69, 9.17) is 18.9 Å². The Hall–Kier alpha value is -3.69. The Labute approximate surface area is 227 Å². The molecule has 7 nitrogen and oxygen atoms in total. The van der Waals surface area contributed by atoms with Gasteiger partial charge >= 0.3 is 0 Å². The van der Waals surface area contributed by atoms with Crippen molar-refractivity contribution in [3.05, 3.63) is 126 Å². The average molecular weight is 531 g/mol. The van der Waals surface area contributed by atoms with Crippen molar-refractivity contribution >= 4 is 0 Å². The minimum Gasteiger partial charge on any atom is -0.472 e. The highest BCUT2D eigenvalue weighted by molar-refractivity contribution is 5.21. The fourth-order valence-electron chi connectivity index (χ4n) is 4.61. The van der Waals surface area contributed by atoms with Crippen LogP contribution < -0.4 is 4.74 Å². The van der Waals surface area contributed by atoms with Crippen LogP contribution in [0.4, 0.5) is 4.39 Å². The Morgan fingerprint density at radius 1 is 0.821 bits per heavy atom. The highest BCUT2D eigenvalue weighted by atomic mass is 19.1. The maximum absolute atomic E-state index is 15.4. The first-order valence-corrected chi connectivity index (χ1v) is 13.0. The zero-order chi connectivity index (χ0) is 27.1. The molecule has 0 aliphatic carbocycles. The molecule has 0 radical (unpaired) electrons. The summed E-state index contributed by atoms with van der Waals surface area (Å²) in [6.45, 7) is 2.54. The van der Waals surface area contributed by atoms with Gasteiger partial charge in [-0.25, -0.2) is 4.98 Å². The summed E-state index contributed by atoms with van der Waals surface area (Å²) < 4.78 is 39.6. The first-order valence-electron chi connectivity index (χ1n) is 13.0. The third-order valence-corrected chi connectivity index (χ3v) is 6.62. The van der Waals surface area contributed by atoms with Gasteiger partial charge in [0.15, 0.2) is 5.69 Å². The minimum absolute atomic E-state index is 0.00706. The third-order valence-electron chi connectivity index (χ3n) is 6.62. The van der Waals surface area contributed by atoms with Crippen molar-refractivity contribution < 1.29 is 28.4 Å². The van der Waals surface area contributed by atoms with Gasteiger partial charge in [-0.3, -0.25) is 0 Å². The van der Waals surface area contributed by atoms with Crippen molar-refractivity contribution in [1.29, 1.82) is 0 Å². The van der Waals surface area contributed by atoms with Crippen LogP contribution in [0.1, 0.15) is 35.7 Å². The molecular weight excluding hydrogens is 499 g/mol. The first kappa shape index (κ1) is 26.9. The molecule has 3 aromatic carbocycles. The molecule has 4 atom stereocenters. The normalized spacial score (nSPS) is 22.6. The predicted molar refractivity (Wildman–Crippen MR) is 142 cm³/mol. The van der Waals surface area contributed by atoms with Gasteiger partial charge in [-0.2, -0.15) is 9.37 Å². The molecule has 5 rings (SSSR count). The molecule has 0 amide bonds. The summed E-state index contributed by atoms with van der Waals surface area (Å²) in [5.41, 5.74) is 2.37. The van der Waals surface area contributed by atoms with Crippen LogP contribution in [-0.2, 0) is 39.8 Å². The van der Waals surface area contributed by atoms with Gasteiger partial charge in [-0.05, 0) is 23.1 Å². The van der Waals surface area contributed by atoms with Crippen molar-refractivity contribution in [3.63, 3.8) is 0 Å². The van der Waals surface area contributed by atoms with E-state index in [9.17, 15) is 5.11 Å². The monoisotopic (exact) mass is 530 g/mol. The molecule has 0 bridgehead atoms. The van der Waals surface area contributed by atoms with E-state index in [0.717, 1.165) is 16.7 Å². The molecule has 0 saturated carbocycles. The summed E-state index contributed by atoms with van der Waals surface area (Å²) in [6.07, 6.45) is -0.573. The Bertz CT molecular complexity index is 1330. The van der Waals surface area contributed by atoms with Crippen molar-refractivity contribution in [2.75, 3.05) is 0 Å². The standard InChI is InChI=1S/C31H31FN2O5/c1-2-25-27(37-20-23-14-8-4-9-15-23)29(38-21-24-16-10-5-11-17-24)31(35,39-25)28-30(32)34-26(18-33-28)36-19-22-12-6-3-7-13-22/h3-18,25,27,29,35H,2,19-21H2,1H3/t25-,27?,29+,31+/m1/s1. The first-order chi connectivity index (χ1) is 19.1. The Morgan fingerprint density at radius 2 is 1.36 bits per heavy atom. The second-order valence-electron chi connectivity index (χ2n) is 9.36. The quantitative estimate of drug-likeness (QED) is 0.281. The second-order valence-corrected chi connectivity index (χ2v) is 9.36. The molecule has 1 N–H and O–H groups in total. The zero-order valence-corrected chi connectivity index (χ0v) is 21.7. The highest BCUT2D eigenvalue weighted by Gasteiger charge is 2.59. The van der Waals surface area contributed by atoms with Crippen LogP contribution in [0.15, 0.2) is 97.2 Å². The van der Waals surface area contributed by atoms with Crippen LogP contribution in [0.25, 0.3) is 0 Å². The molecule has 39 heavy (non-hydrogen) atoms. The third kappa shape index (κ3) is 6.32. The molecular formula is C31H31FN2O5. The van der Waals surface area contributed by atoms with Crippen LogP contribution in [0.2, 0.25) is 0 Å². The summed E-state index contributed by atoms with van der Waals surface area (Å²) in [5, 5.41) is 11.8. The SMILES string of the molecule is CC[C@H]1O[C@@](O)(c2ncc(OCc3ccccc3)nc2F)[C@@H](OCc2ccccc2)C1OCc1ccccc1. The second kappa shape index (κ2) is 12.4. The summed E-state index contributed by atoms with van der Waals surface area (Å²) in [7, 11) is 0. The molecule has 1 aromatic heterocycles. The van der Waals surface area contributed by atoms with Gasteiger partial charge < -0.3 is 24.1 Å². The number of aromatic nitrogens is 2. The van der Waals surface area contributed by atoms with E-state index in [2.05, 4.69) is 9.97 Å². The fourth-order valence-corrected chi connectivity index (χ4v) is 4.61. The average Bonchev–Trinajstić information content (AvgIpc) is 3.26. The molecule has 1 aliphatic rings. The van der Waals surface area contributed by atoms with E-state index >= 15 is 4.39 Å². The van der Waals surface area contributed by atoms with Gasteiger partial charge in [0.2, 0.25) is 17.6 Å². The Kier molecular flexibility index (Phi) is 8.58. The molecule has 1 unspecified atom stereocenters. The smallest absolute Gasteiger partial charge is 0.244 e. The van der Waals surface area contributed by atoms with Gasteiger partial charge in [-0.1, -0.05) is 97.9 Å². The molecule has 1 aliphatic heterocycles. The predicted octanol–water partition coefficient (Wildman–Crippen LogP) is 5.32. The number of hydrogen-bond donors (Lipinski definition) is 1. The number of rotatable bonds is 11. The summed E-state index contributed by atoms with van der Waals surface area (Å²) in [6, 6.07) is 28.6. The zero-order valence-electron chi connectivity index (χ0n) is 21.7. The summed E-state index contributed by atoms with van der Waals surface area (Å²) in [5.74, 6) is -3.24. The van der Waals surface area contributed by atoms with E-state index in [-0.39, 0.29) is 31.4 Å². The highest BCUT2D eigenvalue weighted by Crippen LogP contribution is 2.42. The van der Waals surface area contributed by atoms with E-state index in [0.29, 0.717) is 6.42 Å². The van der Waals surface area contributed by atoms with E-state index in [1.807, 2.05) is 97.9 Å². The van der Waals surface area contributed by atoms with Crippen molar-refractivity contribution in [1.82, 2.24) is 9.97 Å². The number of benzene rings is 3. The van der Waals surface area contributed by atoms with E-state index in [1.54, 1.807) is 0 Å². The number of aliphatic hydroxyl groups is 1. The van der Waals surface area contributed by atoms with Crippen molar-refractivity contribution in [2.24, 2.45) is 0 Å². The van der Waals surface area contributed by atoms with Gasteiger partial charge in [0.25, 0.3) is 0 Å². The fraction of sp³-hybridized carbons (Fsp3) is 0.290. The lowest BCUT2D eigenvalue weighted by atomic mass is 10.0. The van der Waals surface area contributed by atoms with Gasteiger partial charge in [0.05, 0.1) is 25.5 Å². The molecule has 8 heteroatoms. The lowest BCUT2D eigenvalue weighted by Crippen LogP contribution is -2.45. The van der Waals surface area contributed by atoms with E-state index < -0.39 is 30.0 Å². The maximum Gasteiger partial charge on any atom is 0.244 e. The number of halogens is 1. The van der Waals surface area contributed by atoms with Crippen LogP contribution in [0, 0.1) is 5.95 Å². The van der Waals surface area contributed by atoms with Crippen LogP contribution in [-0.4, -0.2) is 33.4 Å². The van der Waals surface area contributed by atoms with Gasteiger partial charge in [0.1, 0.15) is 18.8 Å². The molecule has 4 aromatic rings. The van der Waals surface area contributed by atoms with Gasteiger partial charge in [0, 0.05) is 0 Å². The number of nitrogens with zero attached hydrogens (tertiary/aromatic N) is 2. The Morgan fingerprint density at radius 3 is 1.90 bits per heavy atom. The lowest BCUT2D eigenvalue weighted by molar-refractivity contribution is -0.254. The molecule has 0 spiro atoms. The largest absolute Gasteiger partial charge is 0.472 e.